The van der Waals surface area contributed by atoms with Crippen LogP contribution in [0.3, 0.4) is 0 Å². The summed E-state index contributed by atoms with van der Waals surface area (Å²) in [7, 11) is 0. The van der Waals surface area contributed by atoms with Gasteiger partial charge in [-0.3, -0.25) is 24.6 Å². The Morgan fingerprint density at radius 1 is 1.04 bits per heavy atom. The zero-order valence-electron chi connectivity index (χ0n) is 28.1. The van der Waals surface area contributed by atoms with Gasteiger partial charge in [-0.2, -0.15) is 0 Å². The number of rotatable bonds is 5. The van der Waals surface area contributed by atoms with E-state index in [0.29, 0.717) is 5.56 Å². The maximum Gasteiger partial charge on any atom is 0.414 e. The average molecular weight is 743 g/mol. The summed E-state index contributed by atoms with van der Waals surface area (Å²) in [6.45, 7) is 15.0. The minimum atomic E-state index is -2.77. The number of halogens is 3. The molecule has 3 fully saturated rings. The lowest BCUT2D eigenvalue weighted by molar-refractivity contribution is -0.231. The smallest absolute Gasteiger partial charge is 0.414 e. The van der Waals surface area contributed by atoms with Gasteiger partial charge in [0, 0.05) is 24.9 Å². The Balaban J connectivity index is 1.53. The average Bonchev–Trinajstić information content (AvgIpc) is 3.57. The number of aliphatic hydroxyl groups is 2. The first-order chi connectivity index (χ1) is 22.4. The lowest BCUT2D eigenvalue weighted by Gasteiger charge is -2.49. The number of carbonyl (C=O) groups is 4. The zero-order valence-corrected chi connectivity index (χ0v) is 30.4. The highest BCUT2D eigenvalue weighted by molar-refractivity contribution is 6.67. The van der Waals surface area contributed by atoms with E-state index in [4.69, 9.17) is 39.5 Å². The number of imide groups is 1. The fourth-order valence-corrected chi connectivity index (χ4v) is 6.75. The van der Waals surface area contributed by atoms with E-state index < -0.39 is 63.8 Å². The molecule has 1 aromatic carbocycles. The van der Waals surface area contributed by atoms with Crippen LogP contribution in [0.4, 0.5) is 4.79 Å². The predicted octanol–water partition coefficient (Wildman–Crippen LogP) is 2.09. The topological polar surface area (TPSA) is 185 Å². The highest BCUT2D eigenvalue weighted by atomic mass is 35.6. The van der Waals surface area contributed by atoms with E-state index in [-0.39, 0.29) is 48.5 Å². The van der Waals surface area contributed by atoms with Crippen LogP contribution in [0.25, 0.3) is 0 Å². The molecular weight excluding hydrogens is 701 g/mol. The van der Waals surface area contributed by atoms with Crippen LogP contribution in [0.1, 0.15) is 75.9 Å². The largest absolute Gasteiger partial charge is 0.445 e. The zero-order chi connectivity index (χ0) is 36.5. The number of nitrogens with zero attached hydrogens (tertiary/aromatic N) is 3. The van der Waals surface area contributed by atoms with Crippen LogP contribution in [-0.2, 0) is 25.2 Å². The Labute approximate surface area is 299 Å². The number of hydrogen-bond acceptors (Lipinski definition) is 11. The Kier molecular flexibility index (Phi) is 9.42. The van der Waals surface area contributed by atoms with Gasteiger partial charge >= 0.3 is 6.09 Å². The molecule has 5 rings (SSSR count). The minimum absolute atomic E-state index is 0.0232. The molecule has 3 unspecified atom stereocenters. The van der Waals surface area contributed by atoms with Crippen molar-refractivity contribution in [1.29, 1.82) is 0 Å². The highest BCUT2D eigenvalue weighted by Gasteiger charge is 2.74. The van der Waals surface area contributed by atoms with Gasteiger partial charge in [0.2, 0.25) is 27.4 Å². The number of benzene rings is 1. The van der Waals surface area contributed by atoms with Crippen LogP contribution < -0.4 is 21.3 Å². The summed E-state index contributed by atoms with van der Waals surface area (Å²) in [4.78, 5) is 59.1. The van der Waals surface area contributed by atoms with E-state index in [1.807, 2.05) is 41.5 Å². The summed E-state index contributed by atoms with van der Waals surface area (Å²) < 4.78 is 3.13. The van der Waals surface area contributed by atoms with Crippen molar-refractivity contribution >= 4 is 64.6 Å². The molecule has 0 bridgehead atoms. The fourth-order valence-electron chi connectivity index (χ4n) is 6.59. The molecule has 4 aliphatic rings. The molecule has 14 nitrogen and oxygen atoms in total. The molecule has 268 valence electrons. The Morgan fingerprint density at radius 3 is 2.14 bits per heavy atom. The van der Waals surface area contributed by atoms with Crippen LogP contribution in [0.15, 0.2) is 35.6 Å². The number of guanidine groups is 1. The van der Waals surface area contributed by atoms with Gasteiger partial charge in [-0.25, -0.2) is 9.79 Å². The van der Waals surface area contributed by atoms with E-state index in [0.717, 1.165) is 16.0 Å². The number of hydrogen-bond donors (Lipinski definition) is 6. The molecule has 0 aromatic heterocycles. The monoisotopic (exact) mass is 741 g/mol. The summed E-state index contributed by atoms with van der Waals surface area (Å²) in [6, 6.07) is 2.16. The summed E-state index contributed by atoms with van der Waals surface area (Å²) in [5.74, 6) is -4.21. The lowest BCUT2D eigenvalue weighted by atomic mass is 9.79. The molecule has 0 aliphatic carbocycles. The summed E-state index contributed by atoms with van der Waals surface area (Å²) >= 11 is 17.2. The van der Waals surface area contributed by atoms with E-state index in [1.165, 1.54) is 4.90 Å². The van der Waals surface area contributed by atoms with Crippen molar-refractivity contribution in [3.8, 4) is 0 Å². The van der Waals surface area contributed by atoms with Gasteiger partial charge in [-0.05, 0) is 34.1 Å². The molecular formula is C32H42Cl3N7O7. The number of carbonyl (C=O) groups excluding carboxylic acids is 4. The van der Waals surface area contributed by atoms with E-state index in [1.54, 1.807) is 12.1 Å². The van der Waals surface area contributed by atoms with Crippen LogP contribution in [0.5, 0.6) is 0 Å². The molecule has 3 saturated heterocycles. The van der Waals surface area contributed by atoms with Crippen LogP contribution in [-0.4, -0.2) is 103 Å². The maximum absolute atomic E-state index is 14.0. The van der Waals surface area contributed by atoms with Gasteiger partial charge in [-0.15, -0.1) is 0 Å². The number of ether oxygens (including phenoxy) is 1. The van der Waals surface area contributed by atoms with Gasteiger partial charge in [0.25, 0.3) is 5.91 Å². The van der Waals surface area contributed by atoms with Gasteiger partial charge in [0.15, 0.2) is 5.66 Å². The second-order valence-electron chi connectivity index (χ2n) is 14.9. The molecule has 6 N–H and O–H groups in total. The van der Waals surface area contributed by atoms with Gasteiger partial charge in [0.05, 0.1) is 24.4 Å². The maximum atomic E-state index is 14.0. The van der Waals surface area contributed by atoms with E-state index in [9.17, 15) is 29.4 Å². The molecule has 49 heavy (non-hydrogen) atoms. The Bertz CT molecular complexity index is 1570. The molecule has 17 heteroatoms. The number of alkyl halides is 3. The third-order valence-corrected chi connectivity index (χ3v) is 9.55. The molecule has 1 aromatic rings. The standard InChI is InChI=1S/C32H42Cl3N7O7/c1-16-36-24-20(13-41-22(43)8-9-23(41)44)37-26(39-27(46)49-15-30(33,34)35)42-14-21(32(47,48)31(24,42)40-16)38-25(45)17-10-18(28(2,3)4)12-19(11-17)29(5,6)7/h10-12,20-21,24,36,40,47-48H,1,8-9,13-15H2,2-7H3,(H,38,45)(H,37,39,46)/t20-,21?,24?,31?/m0/s1. The van der Waals surface area contributed by atoms with E-state index >= 15 is 0 Å². The predicted molar refractivity (Wildman–Crippen MR) is 183 cm³/mol. The van der Waals surface area contributed by atoms with Gasteiger partial charge in [0.1, 0.15) is 12.6 Å². The first-order valence-electron chi connectivity index (χ1n) is 15.8. The van der Waals surface area contributed by atoms with Crippen molar-refractivity contribution in [2.24, 2.45) is 4.99 Å². The summed E-state index contributed by atoms with van der Waals surface area (Å²) in [6.07, 6.45) is -1.04. The summed E-state index contributed by atoms with van der Waals surface area (Å²) in [5.41, 5.74) is -0.343. The van der Waals surface area contributed by atoms with Gasteiger partial charge < -0.3 is 35.8 Å². The van der Waals surface area contributed by atoms with Crippen LogP contribution in [0, 0.1) is 0 Å². The van der Waals surface area contributed by atoms with Gasteiger partial charge in [-0.1, -0.05) is 89.0 Å². The molecule has 1 spiro atoms. The normalized spacial score (nSPS) is 26.5. The van der Waals surface area contributed by atoms with Crippen molar-refractivity contribution in [3.63, 3.8) is 0 Å². The van der Waals surface area contributed by atoms with Crippen molar-refractivity contribution in [1.82, 2.24) is 31.1 Å². The number of nitrogens with one attached hydrogen (secondary N) is 4. The Hall–Kier alpha value is -3.30. The molecule has 0 radical (unpaired) electrons. The van der Waals surface area contributed by atoms with Crippen molar-refractivity contribution in [2.75, 3.05) is 19.7 Å². The molecule has 0 saturated carbocycles. The Morgan fingerprint density at radius 2 is 1.61 bits per heavy atom. The SMILES string of the molecule is C=C1NC2[C@H](CN3C(=O)CCC3=O)N=C(NC(=O)OCC(Cl)(Cl)Cl)N3CC(NC(=O)c4cc(C(C)(C)C)cc(C(C)(C)C)c4)C(O)(O)C23N1. The fraction of sp³-hybridized carbons (Fsp3) is 0.594. The molecule has 4 amide bonds. The van der Waals surface area contributed by atoms with Crippen LogP contribution in [0.2, 0.25) is 0 Å². The third-order valence-electron chi connectivity index (χ3n) is 9.23. The molecule has 4 heterocycles. The molecule has 4 atom stereocenters. The number of alkyl carbamates (subject to hydrolysis) is 1. The highest BCUT2D eigenvalue weighted by Crippen LogP contribution is 2.45. The lowest BCUT2D eigenvalue weighted by Crippen LogP contribution is -2.78. The minimum Gasteiger partial charge on any atom is -0.445 e. The first kappa shape index (κ1) is 37.0. The number of likely N-dealkylation sites (tertiary alicyclic amines) is 1. The second kappa shape index (κ2) is 12.5. The van der Waals surface area contributed by atoms with E-state index in [2.05, 4.69) is 38.9 Å². The number of amides is 4. The first-order valence-corrected chi connectivity index (χ1v) is 16.9. The van der Waals surface area contributed by atoms with Crippen molar-refractivity contribution in [2.45, 2.75) is 98.6 Å². The molecule has 4 aliphatic heterocycles. The van der Waals surface area contributed by atoms with Crippen LogP contribution >= 0.6 is 34.8 Å². The third kappa shape index (κ3) is 7.03. The van der Waals surface area contributed by atoms with Crippen molar-refractivity contribution in [3.05, 3.63) is 47.3 Å². The van der Waals surface area contributed by atoms with Crippen molar-refractivity contribution < 1.29 is 34.1 Å². The quantitative estimate of drug-likeness (QED) is 0.148. The number of aliphatic imine (C=N–C) groups is 1. The second-order valence-corrected chi connectivity index (χ2v) is 17.4. The summed E-state index contributed by atoms with van der Waals surface area (Å²) in [5, 5.41) is 35.5.